The van der Waals surface area contributed by atoms with Crippen molar-refractivity contribution in [3.8, 4) is 0 Å². The van der Waals surface area contributed by atoms with Gasteiger partial charge in [0.05, 0.1) is 12.6 Å². The molecule has 76 valence electrons. The number of likely N-dealkylation sites (tertiary alicyclic amines) is 1. The van der Waals surface area contributed by atoms with Gasteiger partial charge in [-0.1, -0.05) is 0 Å². The van der Waals surface area contributed by atoms with E-state index < -0.39 is 0 Å². The molecular formula is C8H17N3O2. The molecular weight excluding hydrogens is 170 g/mol. The minimum Gasteiger partial charge on any atom is -0.393 e. The molecule has 0 aromatic heterocycles. The van der Waals surface area contributed by atoms with Crippen LogP contribution >= 0.6 is 0 Å². The number of hydrogen-bond acceptors (Lipinski definition) is 4. The lowest BCUT2D eigenvalue weighted by molar-refractivity contribution is -0.122. The fraction of sp³-hybridized carbons (Fsp3) is 0.875. The second kappa shape index (κ2) is 4.55. The van der Waals surface area contributed by atoms with E-state index in [0.717, 1.165) is 19.5 Å². The summed E-state index contributed by atoms with van der Waals surface area (Å²) in [5, 5.41) is 9.31. The van der Waals surface area contributed by atoms with E-state index in [4.69, 9.17) is 5.84 Å². The summed E-state index contributed by atoms with van der Waals surface area (Å²) in [5.74, 6) is 5.09. The summed E-state index contributed by atoms with van der Waals surface area (Å²) in [4.78, 5) is 12.9. The van der Waals surface area contributed by atoms with Crippen molar-refractivity contribution in [1.29, 1.82) is 0 Å². The zero-order valence-electron chi connectivity index (χ0n) is 7.86. The van der Waals surface area contributed by atoms with Crippen molar-refractivity contribution in [1.82, 2.24) is 10.3 Å². The average molecular weight is 187 g/mol. The number of nitrogens with zero attached hydrogens (tertiary/aromatic N) is 1. The number of aliphatic hydroxyl groups is 1. The molecule has 1 aliphatic rings. The predicted molar refractivity (Wildman–Crippen MR) is 48.6 cm³/mol. The molecule has 0 radical (unpaired) electrons. The Hall–Kier alpha value is -0.650. The van der Waals surface area contributed by atoms with Crippen LogP contribution in [-0.2, 0) is 4.79 Å². The lowest BCUT2D eigenvalue weighted by Crippen LogP contribution is -2.39. The summed E-state index contributed by atoms with van der Waals surface area (Å²) in [7, 11) is 0. The van der Waals surface area contributed by atoms with E-state index in [-0.39, 0.29) is 12.0 Å². The van der Waals surface area contributed by atoms with Gasteiger partial charge in [0.2, 0.25) is 5.91 Å². The van der Waals surface area contributed by atoms with Crippen molar-refractivity contribution in [2.24, 2.45) is 11.8 Å². The molecule has 0 aromatic rings. The summed E-state index contributed by atoms with van der Waals surface area (Å²) in [5.41, 5.74) is 2.09. The van der Waals surface area contributed by atoms with Gasteiger partial charge in [0.1, 0.15) is 0 Å². The van der Waals surface area contributed by atoms with Gasteiger partial charge in [-0.05, 0) is 25.8 Å². The second-order valence-corrected chi connectivity index (χ2v) is 3.59. The van der Waals surface area contributed by atoms with Crippen LogP contribution in [0.2, 0.25) is 0 Å². The van der Waals surface area contributed by atoms with Crippen molar-refractivity contribution < 1.29 is 9.90 Å². The first-order valence-corrected chi connectivity index (χ1v) is 4.53. The predicted octanol–water partition coefficient (Wildman–Crippen LogP) is -1.32. The van der Waals surface area contributed by atoms with Gasteiger partial charge in [-0.15, -0.1) is 0 Å². The summed E-state index contributed by atoms with van der Waals surface area (Å²) < 4.78 is 0. The third-order valence-electron chi connectivity index (χ3n) is 2.52. The van der Waals surface area contributed by atoms with Crippen LogP contribution in [-0.4, -0.2) is 41.7 Å². The van der Waals surface area contributed by atoms with E-state index in [9.17, 15) is 9.90 Å². The van der Waals surface area contributed by atoms with E-state index >= 15 is 0 Å². The summed E-state index contributed by atoms with van der Waals surface area (Å²) in [6.07, 6.45) is 0.668. The summed E-state index contributed by atoms with van der Waals surface area (Å²) >= 11 is 0. The maximum absolute atomic E-state index is 10.9. The third-order valence-corrected chi connectivity index (χ3v) is 2.52. The molecule has 13 heavy (non-hydrogen) atoms. The number of hydrogen-bond donors (Lipinski definition) is 3. The van der Waals surface area contributed by atoms with Crippen LogP contribution in [0.25, 0.3) is 0 Å². The van der Waals surface area contributed by atoms with Crippen LogP contribution in [0.4, 0.5) is 0 Å². The quantitative estimate of drug-likeness (QED) is 0.291. The Bertz CT molecular complexity index is 184. The van der Waals surface area contributed by atoms with Crippen LogP contribution in [0.15, 0.2) is 0 Å². The fourth-order valence-electron chi connectivity index (χ4n) is 1.65. The number of aliphatic hydroxyl groups excluding tert-OH is 1. The molecule has 0 saturated carbocycles. The van der Waals surface area contributed by atoms with Crippen molar-refractivity contribution in [3.05, 3.63) is 0 Å². The number of carbonyl (C=O) groups is 1. The SMILES string of the molecule is CC(O)C1CCN(CC(=O)NN)C1. The van der Waals surface area contributed by atoms with Gasteiger partial charge in [-0.25, -0.2) is 5.84 Å². The van der Waals surface area contributed by atoms with Crippen LogP contribution in [0.1, 0.15) is 13.3 Å². The van der Waals surface area contributed by atoms with Gasteiger partial charge >= 0.3 is 0 Å². The highest BCUT2D eigenvalue weighted by atomic mass is 16.3. The van der Waals surface area contributed by atoms with Crippen molar-refractivity contribution >= 4 is 5.91 Å². The monoisotopic (exact) mass is 187 g/mol. The van der Waals surface area contributed by atoms with Gasteiger partial charge in [-0.2, -0.15) is 0 Å². The first-order chi connectivity index (χ1) is 6.13. The molecule has 1 aliphatic heterocycles. The molecule has 1 rings (SSSR count). The summed E-state index contributed by atoms with van der Waals surface area (Å²) in [6, 6.07) is 0. The van der Waals surface area contributed by atoms with Gasteiger partial charge in [0, 0.05) is 6.54 Å². The lowest BCUT2D eigenvalue weighted by Gasteiger charge is -2.15. The van der Waals surface area contributed by atoms with E-state index in [1.807, 2.05) is 4.90 Å². The molecule has 1 saturated heterocycles. The highest BCUT2D eigenvalue weighted by molar-refractivity contribution is 5.77. The number of carbonyl (C=O) groups excluding carboxylic acids is 1. The number of nitrogens with two attached hydrogens (primary N) is 1. The maximum atomic E-state index is 10.9. The molecule has 2 atom stereocenters. The number of rotatable bonds is 3. The van der Waals surface area contributed by atoms with Crippen molar-refractivity contribution in [2.75, 3.05) is 19.6 Å². The molecule has 5 nitrogen and oxygen atoms in total. The molecule has 0 bridgehead atoms. The first-order valence-electron chi connectivity index (χ1n) is 4.53. The Morgan fingerprint density at radius 2 is 2.54 bits per heavy atom. The number of hydrazine groups is 1. The van der Waals surface area contributed by atoms with E-state index in [1.165, 1.54) is 0 Å². The molecule has 4 N–H and O–H groups in total. The minimum absolute atomic E-state index is 0.175. The third kappa shape index (κ3) is 2.95. The molecule has 0 aromatic carbocycles. The number of nitrogens with one attached hydrogen (secondary N) is 1. The zero-order chi connectivity index (χ0) is 9.84. The molecule has 2 unspecified atom stereocenters. The summed E-state index contributed by atoms with van der Waals surface area (Å²) in [6.45, 7) is 3.77. The molecule has 1 amide bonds. The first kappa shape index (κ1) is 10.4. The van der Waals surface area contributed by atoms with E-state index in [1.54, 1.807) is 6.92 Å². The molecule has 0 spiro atoms. The van der Waals surface area contributed by atoms with Crippen LogP contribution < -0.4 is 11.3 Å². The Kier molecular flexibility index (Phi) is 3.65. The van der Waals surface area contributed by atoms with E-state index in [2.05, 4.69) is 5.43 Å². The Balaban J connectivity index is 2.29. The molecule has 1 fully saturated rings. The van der Waals surface area contributed by atoms with Crippen LogP contribution in [0, 0.1) is 5.92 Å². The highest BCUT2D eigenvalue weighted by Gasteiger charge is 2.26. The van der Waals surface area contributed by atoms with Crippen molar-refractivity contribution in [2.45, 2.75) is 19.4 Å². The Morgan fingerprint density at radius 3 is 3.00 bits per heavy atom. The fourth-order valence-corrected chi connectivity index (χ4v) is 1.65. The normalized spacial score (nSPS) is 25.9. The van der Waals surface area contributed by atoms with Crippen LogP contribution in [0.3, 0.4) is 0 Å². The van der Waals surface area contributed by atoms with E-state index in [0.29, 0.717) is 12.5 Å². The van der Waals surface area contributed by atoms with Gasteiger partial charge in [0.25, 0.3) is 0 Å². The second-order valence-electron chi connectivity index (χ2n) is 3.59. The largest absolute Gasteiger partial charge is 0.393 e. The highest BCUT2D eigenvalue weighted by Crippen LogP contribution is 2.18. The lowest BCUT2D eigenvalue weighted by atomic mass is 10.0. The number of amides is 1. The smallest absolute Gasteiger partial charge is 0.248 e. The Morgan fingerprint density at radius 1 is 1.85 bits per heavy atom. The Labute approximate surface area is 77.9 Å². The standard InChI is InChI=1S/C8H17N3O2/c1-6(12)7-2-3-11(4-7)5-8(13)10-9/h6-7,12H,2-5,9H2,1H3,(H,10,13). The maximum Gasteiger partial charge on any atom is 0.248 e. The minimum atomic E-state index is -0.286. The van der Waals surface area contributed by atoms with Gasteiger partial charge in [0.15, 0.2) is 0 Å². The van der Waals surface area contributed by atoms with Gasteiger partial charge < -0.3 is 5.11 Å². The topological polar surface area (TPSA) is 78.6 Å². The molecule has 5 heteroatoms. The molecule has 0 aliphatic carbocycles. The molecule has 1 heterocycles. The van der Waals surface area contributed by atoms with Crippen molar-refractivity contribution in [3.63, 3.8) is 0 Å². The van der Waals surface area contributed by atoms with Crippen LogP contribution in [0.5, 0.6) is 0 Å². The zero-order valence-corrected chi connectivity index (χ0v) is 7.86. The van der Waals surface area contributed by atoms with Gasteiger partial charge in [-0.3, -0.25) is 15.1 Å². The average Bonchev–Trinajstić information content (AvgIpc) is 2.52.